The number of Topliss-reactive ketones (excluding diaryl/α,β-unsaturated/α-hetero) is 1. The first-order chi connectivity index (χ1) is 7.22. The molecule has 4 heteroatoms. The van der Waals surface area contributed by atoms with Gasteiger partial charge in [-0.1, -0.05) is 13.8 Å². The van der Waals surface area contributed by atoms with Crippen molar-refractivity contribution in [3.05, 3.63) is 17.8 Å². The Morgan fingerprint density at radius 1 is 1.33 bits per heavy atom. The van der Waals surface area contributed by atoms with Crippen molar-refractivity contribution in [1.82, 2.24) is 10.2 Å². The van der Waals surface area contributed by atoms with Crippen LogP contribution in [0.2, 0.25) is 0 Å². The lowest BCUT2D eigenvalue weighted by molar-refractivity contribution is 0.0907. The van der Waals surface area contributed by atoms with Gasteiger partial charge in [0, 0.05) is 12.0 Å². The Bertz CT molecular complexity index is 318. The maximum atomic E-state index is 11.9. The second kappa shape index (κ2) is 5.44. The van der Waals surface area contributed by atoms with Crippen LogP contribution < -0.4 is 4.74 Å². The van der Waals surface area contributed by atoms with Gasteiger partial charge in [0.25, 0.3) is 0 Å². The maximum absolute atomic E-state index is 11.9. The van der Waals surface area contributed by atoms with E-state index in [0.29, 0.717) is 11.6 Å². The van der Waals surface area contributed by atoms with Crippen LogP contribution in [0.25, 0.3) is 0 Å². The van der Waals surface area contributed by atoms with Crippen LogP contribution in [0.15, 0.2) is 12.1 Å². The number of ether oxygens (including phenoxy) is 1. The third-order valence-corrected chi connectivity index (χ3v) is 2.46. The fraction of sp³-hybridized carbons (Fsp3) is 0.545. The van der Waals surface area contributed by atoms with Gasteiger partial charge in [-0.3, -0.25) is 4.79 Å². The molecule has 0 unspecified atom stereocenters. The normalized spacial score (nSPS) is 10.4. The van der Waals surface area contributed by atoms with E-state index in [1.807, 2.05) is 13.8 Å². The molecule has 0 spiro atoms. The molecule has 82 valence electrons. The second-order valence-electron chi connectivity index (χ2n) is 3.34. The van der Waals surface area contributed by atoms with Gasteiger partial charge in [0.05, 0.1) is 7.11 Å². The summed E-state index contributed by atoms with van der Waals surface area (Å²) >= 11 is 0. The molecule has 0 amide bonds. The summed E-state index contributed by atoms with van der Waals surface area (Å²) in [7, 11) is 1.52. The monoisotopic (exact) mass is 208 g/mol. The number of carbonyl (C=O) groups excluding carboxylic acids is 1. The summed E-state index contributed by atoms with van der Waals surface area (Å²) in [4.78, 5) is 11.9. The highest BCUT2D eigenvalue weighted by Gasteiger charge is 2.17. The Morgan fingerprint density at radius 2 is 2.00 bits per heavy atom. The smallest absolute Gasteiger partial charge is 0.233 e. The lowest BCUT2D eigenvalue weighted by atomic mass is 9.96. The van der Waals surface area contributed by atoms with Gasteiger partial charge in [0.15, 0.2) is 5.78 Å². The minimum atomic E-state index is 0.0488. The van der Waals surface area contributed by atoms with E-state index in [9.17, 15) is 4.79 Å². The van der Waals surface area contributed by atoms with Crippen LogP contribution in [0.5, 0.6) is 5.88 Å². The van der Waals surface area contributed by atoms with Crippen molar-refractivity contribution in [3.63, 3.8) is 0 Å². The van der Waals surface area contributed by atoms with Crippen LogP contribution in [-0.2, 0) is 0 Å². The first kappa shape index (κ1) is 11.6. The highest BCUT2D eigenvalue weighted by Crippen LogP contribution is 2.14. The Morgan fingerprint density at radius 3 is 2.40 bits per heavy atom. The van der Waals surface area contributed by atoms with Crippen LogP contribution >= 0.6 is 0 Å². The fourth-order valence-corrected chi connectivity index (χ4v) is 1.43. The van der Waals surface area contributed by atoms with Crippen LogP contribution in [0.3, 0.4) is 0 Å². The van der Waals surface area contributed by atoms with Gasteiger partial charge in [-0.15, -0.1) is 10.2 Å². The standard InChI is InChI=1S/C11H16N2O2/c1-4-8(5-2)11(14)9-6-7-10(15-3)13-12-9/h6-8H,4-5H2,1-3H3. The number of carbonyl (C=O) groups is 1. The number of hydrogen-bond acceptors (Lipinski definition) is 4. The van der Waals surface area contributed by atoms with Gasteiger partial charge in [-0.05, 0) is 18.9 Å². The van der Waals surface area contributed by atoms with Crippen molar-refractivity contribution >= 4 is 5.78 Å². The van der Waals surface area contributed by atoms with Crippen LogP contribution in [0, 0.1) is 5.92 Å². The van der Waals surface area contributed by atoms with Crippen molar-refractivity contribution in [2.24, 2.45) is 5.92 Å². The van der Waals surface area contributed by atoms with E-state index < -0.39 is 0 Å². The summed E-state index contributed by atoms with van der Waals surface area (Å²) in [6.45, 7) is 4.01. The molecule has 0 bridgehead atoms. The average Bonchev–Trinajstić information content (AvgIpc) is 2.30. The molecule has 0 saturated heterocycles. The number of aromatic nitrogens is 2. The predicted molar refractivity (Wildman–Crippen MR) is 57.0 cm³/mol. The van der Waals surface area contributed by atoms with E-state index in [1.165, 1.54) is 7.11 Å². The zero-order valence-corrected chi connectivity index (χ0v) is 9.36. The van der Waals surface area contributed by atoms with Gasteiger partial charge in [0.2, 0.25) is 5.88 Å². The van der Waals surface area contributed by atoms with Gasteiger partial charge in [-0.2, -0.15) is 0 Å². The van der Waals surface area contributed by atoms with Gasteiger partial charge < -0.3 is 4.74 Å². The lowest BCUT2D eigenvalue weighted by Crippen LogP contribution is -2.15. The summed E-state index contributed by atoms with van der Waals surface area (Å²) in [6.07, 6.45) is 1.67. The molecule has 1 heterocycles. The minimum absolute atomic E-state index is 0.0488. The van der Waals surface area contributed by atoms with Crippen molar-refractivity contribution in [3.8, 4) is 5.88 Å². The zero-order valence-electron chi connectivity index (χ0n) is 9.36. The first-order valence-corrected chi connectivity index (χ1v) is 5.14. The molecule has 1 rings (SSSR count). The summed E-state index contributed by atoms with van der Waals surface area (Å²) in [6, 6.07) is 3.31. The molecular formula is C11H16N2O2. The molecule has 0 radical (unpaired) electrons. The Hall–Kier alpha value is -1.45. The summed E-state index contributed by atoms with van der Waals surface area (Å²) in [5, 5.41) is 7.62. The molecule has 0 saturated carbocycles. The van der Waals surface area contributed by atoms with Crippen molar-refractivity contribution < 1.29 is 9.53 Å². The summed E-state index contributed by atoms with van der Waals surface area (Å²) in [5.74, 6) is 0.541. The number of ketones is 1. The quantitative estimate of drug-likeness (QED) is 0.695. The molecule has 15 heavy (non-hydrogen) atoms. The maximum Gasteiger partial charge on any atom is 0.233 e. The van der Waals surface area contributed by atoms with Gasteiger partial charge in [-0.25, -0.2) is 0 Å². The van der Waals surface area contributed by atoms with Crippen molar-refractivity contribution in [2.75, 3.05) is 7.11 Å². The minimum Gasteiger partial charge on any atom is -0.480 e. The van der Waals surface area contributed by atoms with Gasteiger partial charge >= 0.3 is 0 Å². The van der Waals surface area contributed by atoms with Crippen LogP contribution in [0.4, 0.5) is 0 Å². The topological polar surface area (TPSA) is 52.1 Å². The Balaban J connectivity index is 2.82. The molecule has 0 aliphatic carbocycles. The highest BCUT2D eigenvalue weighted by molar-refractivity contribution is 5.95. The van der Waals surface area contributed by atoms with Crippen LogP contribution in [-0.4, -0.2) is 23.1 Å². The molecule has 0 atom stereocenters. The van der Waals surface area contributed by atoms with E-state index in [4.69, 9.17) is 4.74 Å². The molecule has 0 fully saturated rings. The summed E-state index contributed by atoms with van der Waals surface area (Å²) < 4.78 is 4.88. The van der Waals surface area contributed by atoms with E-state index in [0.717, 1.165) is 12.8 Å². The molecule has 0 aromatic carbocycles. The second-order valence-corrected chi connectivity index (χ2v) is 3.34. The SMILES string of the molecule is CCC(CC)C(=O)c1ccc(OC)nn1. The predicted octanol–water partition coefficient (Wildman–Crippen LogP) is 2.10. The van der Waals surface area contributed by atoms with Gasteiger partial charge in [0.1, 0.15) is 5.69 Å². The number of rotatable bonds is 5. The molecule has 0 aliphatic heterocycles. The lowest BCUT2D eigenvalue weighted by Gasteiger charge is -2.09. The van der Waals surface area contributed by atoms with E-state index in [-0.39, 0.29) is 11.7 Å². The van der Waals surface area contributed by atoms with Crippen LogP contribution in [0.1, 0.15) is 37.2 Å². The van der Waals surface area contributed by atoms with Crippen molar-refractivity contribution in [2.45, 2.75) is 26.7 Å². The molecular weight excluding hydrogens is 192 g/mol. The Kier molecular flexibility index (Phi) is 4.21. The molecule has 1 aromatic rings. The van der Waals surface area contributed by atoms with E-state index >= 15 is 0 Å². The number of hydrogen-bond donors (Lipinski definition) is 0. The van der Waals surface area contributed by atoms with Crippen molar-refractivity contribution in [1.29, 1.82) is 0 Å². The Labute approximate surface area is 89.7 Å². The average molecular weight is 208 g/mol. The summed E-state index contributed by atoms with van der Waals surface area (Å²) in [5.41, 5.74) is 0.421. The van der Waals surface area contributed by atoms with E-state index in [1.54, 1.807) is 12.1 Å². The largest absolute Gasteiger partial charge is 0.480 e. The number of nitrogens with zero attached hydrogens (tertiary/aromatic N) is 2. The third-order valence-electron chi connectivity index (χ3n) is 2.46. The number of methoxy groups -OCH3 is 1. The molecule has 0 N–H and O–H groups in total. The molecule has 0 aliphatic rings. The third kappa shape index (κ3) is 2.75. The molecule has 1 aromatic heterocycles. The molecule has 4 nitrogen and oxygen atoms in total. The van der Waals surface area contributed by atoms with E-state index in [2.05, 4.69) is 10.2 Å². The zero-order chi connectivity index (χ0) is 11.3. The first-order valence-electron chi connectivity index (χ1n) is 5.14. The highest BCUT2D eigenvalue weighted by atomic mass is 16.5. The fourth-order valence-electron chi connectivity index (χ4n) is 1.43.